The van der Waals surface area contributed by atoms with Crippen molar-refractivity contribution in [2.75, 3.05) is 5.32 Å². The largest absolute Gasteiger partial charge is 0.345 e. The molecule has 6 heteroatoms. The summed E-state index contributed by atoms with van der Waals surface area (Å²) < 4.78 is 0. The van der Waals surface area contributed by atoms with E-state index < -0.39 is 0 Å². The van der Waals surface area contributed by atoms with E-state index in [0.29, 0.717) is 11.4 Å². The molecule has 0 atom stereocenters. The fraction of sp³-hybridized carbons (Fsp3) is 0.0833. The maximum absolute atomic E-state index is 12.0. The molecule has 0 spiro atoms. The summed E-state index contributed by atoms with van der Waals surface area (Å²) in [5.74, 6) is 0.434. The number of rotatable bonds is 2. The highest BCUT2D eigenvalue weighted by Crippen LogP contribution is 2.14. The predicted octanol–water partition coefficient (Wildman–Crippen LogP) is 1.85. The Morgan fingerprint density at radius 3 is 3.06 bits per heavy atom. The zero-order valence-corrected chi connectivity index (χ0v) is 9.69. The van der Waals surface area contributed by atoms with Crippen molar-refractivity contribution in [2.24, 2.45) is 0 Å². The summed E-state index contributed by atoms with van der Waals surface area (Å²) in [6, 6.07) is 5.31. The van der Waals surface area contributed by atoms with Crippen molar-refractivity contribution in [1.29, 1.82) is 0 Å². The molecule has 18 heavy (non-hydrogen) atoms. The fourth-order valence-corrected chi connectivity index (χ4v) is 1.74. The van der Waals surface area contributed by atoms with Crippen molar-refractivity contribution >= 4 is 22.8 Å². The molecule has 6 nitrogen and oxygen atoms in total. The van der Waals surface area contributed by atoms with E-state index in [9.17, 15) is 4.79 Å². The Hall–Kier alpha value is -2.63. The van der Waals surface area contributed by atoms with E-state index in [0.717, 1.165) is 16.6 Å². The van der Waals surface area contributed by atoms with Crippen LogP contribution < -0.4 is 5.32 Å². The molecular weight excluding hydrogens is 230 g/mol. The number of hydrogen-bond acceptors (Lipinski definition) is 3. The van der Waals surface area contributed by atoms with Gasteiger partial charge in [-0.3, -0.25) is 9.89 Å². The van der Waals surface area contributed by atoms with Crippen LogP contribution in [0.25, 0.3) is 11.0 Å². The van der Waals surface area contributed by atoms with Gasteiger partial charge in [0.25, 0.3) is 5.91 Å². The standard InChI is InChI=1S/C12H11N5O/c1-7-5-15-17-11(7)16-12(18)8-2-3-9-10(4-8)14-6-13-9/h2-6H,1H3,(H,13,14)(H2,15,16,17,18). The molecule has 0 saturated heterocycles. The molecule has 1 amide bonds. The number of aromatic amines is 2. The maximum Gasteiger partial charge on any atom is 0.256 e. The molecule has 0 aliphatic rings. The van der Waals surface area contributed by atoms with Crippen LogP contribution in [0.4, 0.5) is 5.82 Å². The second-order valence-corrected chi connectivity index (χ2v) is 4.02. The van der Waals surface area contributed by atoms with Crippen LogP contribution in [-0.2, 0) is 0 Å². The van der Waals surface area contributed by atoms with Gasteiger partial charge in [0.2, 0.25) is 0 Å². The van der Waals surface area contributed by atoms with Gasteiger partial charge in [0.1, 0.15) is 5.82 Å². The van der Waals surface area contributed by atoms with E-state index in [1.807, 2.05) is 6.92 Å². The molecule has 90 valence electrons. The molecule has 2 heterocycles. The Balaban J connectivity index is 1.89. The number of hydrogen-bond donors (Lipinski definition) is 3. The minimum atomic E-state index is -0.182. The lowest BCUT2D eigenvalue weighted by atomic mass is 10.2. The quantitative estimate of drug-likeness (QED) is 0.639. The SMILES string of the molecule is Cc1cn[nH]c1NC(=O)c1ccc2nc[nH]c2c1. The van der Waals surface area contributed by atoms with Gasteiger partial charge in [0.05, 0.1) is 23.6 Å². The third kappa shape index (κ3) is 1.73. The van der Waals surface area contributed by atoms with Gasteiger partial charge in [-0.25, -0.2) is 4.98 Å². The fourth-order valence-electron chi connectivity index (χ4n) is 1.74. The van der Waals surface area contributed by atoms with Crippen LogP contribution in [0.15, 0.2) is 30.7 Å². The van der Waals surface area contributed by atoms with Gasteiger partial charge in [-0.05, 0) is 25.1 Å². The molecule has 3 rings (SSSR count). The zero-order valence-electron chi connectivity index (χ0n) is 9.69. The van der Waals surface area contributed by atoms with Crippen LogP contribution in [0.1, 0.15) is 15.9 Å². The molecule has 0 fully saturated rings. The number of aromatic nitrogens is 4. The normalized spacial score (nSPS) is 10.7. The van der Waals surface area contributed by atoms with Gasteiger partial charge in [0, 0.05) is 11.1 Å². The van der Waals surface area contributed by atoms with Crippen LogP contribution in [0.5, 0.6) is 0 Å². The molecular formula is C12H11N5O. The number of carbonyl (C=O) groups is 1. The first-order chi connectivity index (χ1) is 8.74. The van der Waals surface area contributed by atoms with E-state index in [4.69, 9.17) is 0 Å². The number of nitrogens with one attached hydrogen (secondary N) is 3. The smallest absolute Gasteiger partial charge is 0.256 e. The topological polar surface area (TPSA) is 86.5 Å². The second kappa shape index (κ2) is 3.99. The summed E-state index contributed by atoms with van der Waals surface area (Å²) in [7, 11) is 0. The molecule has 3 aromatic rings. The first-order valence-corrected chi connectivity index (χ1v) is 5.48. The first-order valence-electron chi connectivity index (χ1n) is 5.48. The average molecular weight is 241 g/mol. The minimum Gasteiger partial charge on any atom is -0.345 e. The lowest BCUT2D eigenvalue weighted by Gasteiger charge is -2.03. The minimum absolute atomic E-state index is 0.182. The van der Waals surface area contributed by atoms with Crippen LogP contribution in [-0.4, -0.2) is 26.1 Å². The van der Waals surface area contributed by atoms with Crippen molar-refractivity contribution in [1.82, 2.24) is 20.2 Å². The molecule has 0 unspecified atom stereocenters. The lowest BCUT2D eigenvalue weighted by molar-refractivity contribution is 0.102. The third-order valence-corrected chi connectivity index (χ3v) is 2.75. The lowest BCUT2D eigenvalue weighted by Crippen LogP contribution is -2.12. The first kappa shape index (κ1) is 10.5. The van der Waals surface area contributed by atoms with E-state index in [1.165, 1.54) is 0 Å². The molecule has 2 aromatic heterocycles. The summed E-state index contributed by atoms with van der Waals surface area (Å²) in [5, 5.41) is 9.36. The van der Waals surface area contributed by atoms with Crippen LogP contribution in [0.2, 0.25) is 0 Å². The molecule has 0 saturated carbocycles. The number of imidazole rings is 1. The molecule has 0 aliphatic carbocycles. The Morgan fingerprint density at radius 2 is 2.28 bits per heavy atom. The molecule has 0 radical (unpaired) electrons. The van der Waals surface area contributed by atoms with Crippen LogP contribution >= 0.6 is 0 Å². The number of nitrogens with zero attached hydrogens (tertiary/aromatic N) is 2. The highest BCUT2D eigenvalue weighted by atomic mass is 16.1. The van der Waals surface area contributed by atoms with Gasteiger partial charge < -0.3 is 10.3 Å². The van der Waals surface area contributed by atoms with Crippen molar-refractivity contribution < 1.29 is 4.79 Å². The van der Waals surface area contributed by atoms with E-state index in [2.05, 4.69) is 25.5 Å². The third-order valence-electron chi connectivity index (χ3n) is 2.75. The monoisotopic (exact) mass is 241 g/mol. The van der Waals surface area contributed by atoms with Crippen LogP contribution in [0, 0.1) is 6.92 Å². The maximum atomic E-state index is 12.0. The highest BCUT2D eigenvalue weighted by molar-refractivity contribution is 6.05. The summed E-state index contributed by atoms with van der Waals surface area (Å²) in [4.78, 5) is 19.1. The number of aryl methyl sites for hydroxylation is 1. The zero-order chi connectivity index (χ0) is 12.5. The Kier molecular flexibility index (Phi) is 2.33. The summed E-state index contributed by atoms with van der Waals surface area (Å²) in [6.45, 7) is 1.87. The summed E-state index contributed by atoms with van der Waals surface area (Å²) in [6.07, 6.45) is 3.26. The average Bonchev–Trinajstić information content (AvgIpc) is 2.98. The predicted molar refractivity (Wildman–Crippen MR) is 67.4 cm³/mol. The van der Waals surface area contributed by atoms with Crippen molar-refractivity contribution in [2.45, 2.75) is 6.92 Å². The number of fused-ring (bicyclic) bond motifs is 1. The van der Waals surface area contributed by atoms with E-state index in [1.54, 1.807) is 30.7 Å². The molecule has 0 aliphatic heterocycles. The van der Waals surface area contributed by atoms with Gasteiger partial charge in [-0.1, -0.05) is 0 Å². The molecule has 0 bridgehead atoms. The molecule has 3 N–H and O–H groups in total. The molecule has 1 aromatic carbocycles. The van der Waals surface area contributed by atoms with Gasteiger partial charge in [-0.15, -0.1) is 0 Å². The number of benzene rings is 1. The van der Waals surface area contributed by atoms with Gasteiger partial charge in [0.15, 0.2) is 0 Å². The summed E-state index contributed by atoms with van der Waals surface area (Å²) in [5.41, 5.74) is 3.14. The number of amides is 1. The van der Waals surface area contributed by atoms with E-state index in [-0.39, 0.29) is 5.91 Å². The Morgan fingerprint density at radius 1 is 1.39 bits per heavy atom. The van der Waals surface area contributed by atoms with Crippen LogP contribution in [0.3, 0.4) is 0 Å². The second-order valence-electron chi connectivity index (χ2n) is 4.02. The Bertz CT molecular complexity index is 712. The number of carbonyl (C=O) groups excluding carboxylic acids is 1. The van der Waals surface area contributed by atoms with E-state index >= 15 is 0 Å². The highest BCUT2D eigenvalue weighted by Gasteiger charge is 2.09. The van der Waals surface area contributed by atoms with Crippen molar-refractivity contribution in [3.05, 3.63) is 41.9 Å². The van der Waals surface area contributed by atoms with Crippen molar-refractivity contribution in [3.63, 3.8) is 0 Å². The van der Waals surface area contributed by atoms with Gasteiger partial charge in [-0.2, -0.15) is 5.10 Å². The van der Waals surface area contributed by atoms with Crippen molar-refractivity contribution in [3.8, 4) is 0 Å². The Labute approximate surface area is 102 Å². The number of anilines is 1. The number of H-pyrrole nitrogens is 2. The summed E-state index contributed by atoms with van der Waals surface area (Å²) >= 11 is 0. The van der Waals surface area contributed by atoms with Gasteiger partial charge >= 0.3 is 0 Å².